The van der Waals surface area contributed by atoms with Gasteiger partial charge in [-0.05, 0) is 24.6 Å². The van der Waals surface area contributed by atoms with E-state index in [0.717, 1.165) is 31.0 Å². The van der Waals surface area contributed by atoms with Gasteiger partial charge in [0.15, 0.2) is 5.16 Å². The molecule has 8 heteroatoms. The lowest BCUT2D eigenvalue weighted by Gasteiger charge is -2.08. The van der Waals surface area contributed by atoms with Gasteiger partial charge in [-0.2, -0.15) is 0 Å². The quantitative estimate of drug-likeness (QED) is 0.547. The molecule has 5 nitrogen and oxygen atoms in total. The number of thioether (sulfide) groups is 1. The van der Waals surface area contributed by atoms with Crippen LogP contribution in [0.1, 0.15) is 26.2 Å². The lowest BCUT2D eigenvalue weighted by molar-refractivity contribution is -0.113. The van der Waals surface area contributed by atoms with Gasteiger partial charge in [-0.3, -0.25) is 4.79 Å². The Morgan fingerprint density at radius 1 is 1.35 bits per heavy atom. The smallest absolute Gasteiger partial charge is 0.234 e. The predicted molar refractivity (Wildman–Crippen MR) is 95.4 cm³/mol. The number of aryl methyl sites for hydroxylation is 1. The second-order valence-electron chi connectivity index (χ2n) is 4.98. The third kappa shape index (κ3) is 5.71. The summed E-state index contributed by atoms with van der Waals surface area (Å²) in [7, 11) is 0. The van der Waals surface area contributed by atoms with Crippen molar-refractivity contribution in [1.82, 2.24) is 14.8 Å². The summed E-state index contributed by atoms with van der Waals surface area (Å²) in [5, 5.41) is 12.4. The van der Waals surface area contributed by atoms with E-state index in [-0.39, 0.29) is 11.7 Å². The third-order valence-electron chi connectivity index (χ3n) is 3.12. The first-order valence-electron chi connectivity index (χ1n) is 7.35. The average Bonchev–Trinajstić information content (AvgIpc) is 2.96. The van der Waals surface area contributed by atoms with Gasteiger partial charge in [0, 0.05) is 11.6 Å². The lowest BCUT2D eigenvalue weighted by Crippen LogP contribution is -2.15. The van der Waals surface area contributed by atoms with Crippen LogP contribution in [0, 0.1) is 0 Å². The zero-order valence-corrected chi connectivity index (χ0v) is 15.1. The average molecular weight is 373 g/mol. The number of unbranched alkanes of at least 4 members (excludes halogenated alkanes) is 2. The molecule has 1 heterocycles. The van der Waals surface area contributed by atoms with Crippen molar-refractivity contribution in [1.29, 1.82) is 0 Å². The van der Waals surface area contributed by atoms with Crippen LogP contribution in [0.5, 0.6) is 0 Å². The first kappa shape index (κ1) is 18.1. The van der Waals surface area contributed by atoms with Crippen molar-refractivity contribution in [3.05, 3.63) is 34.6 Å². The maximum Gasteiger partial charge on any atom is 0.234 e. The highest BCUT2D eigenvalue weighted by Gasteiger charge is 2.10. The van der Waals surface area contributed by atoms with Crippen LogP contribution in [0.15, 0.2) is 29.7 Å². The van der Waals surface area contributed by atoms with Crippen molar-refractivity contribution in [2.75, 3.05) is 11.1 Å². The van der Waals surface area contributed by atoms with Gasteiger partial charge in [-0.1, -0.05) is 54.7 Å². The van der Waals surface area contributed by atoms with Crippen LogP contribution in [0.3, 0.4) is 0 Å². The number of rotatable bonds is 8. The molecule has 1 aromatic heterocycles. The molecule has 0 saturated heterocycles. The number of nitrogens with one attached hydrogen (secondary N) is 1. The van der Waals surface area contributed by atoms with E-state index in [4.69, 9.17) is 23.2 Å². The number of carbonyl (C=O) groups is 1. The Hall–Kier alpha value is -1.24. The lowest BCUT2D eigenvalue weighted by atomic mass is 10.2. The fraction of sp³-hybridized carbons (Fsp3) is 0.400. The molecule has 1 aromatic carbocycles. The number of anilines is 1. The normalized spacial score (nSPS) is 10.7. The molecule has 0 fully saturated rings. The van der Waals surface area contributed by atoms with Crippen molar-refractivity contribution >= 4 is 46.6 Å². The van der Waals surface area contributed by atoms with Crippen LogP contribution in [-0.2, 0) is 11.3 Å². The number of amides is 1. The number of hydrogen-bond acceptors (Lipinski definition) is 4. The van der Waals surface area contributed by atoms with Gasteiger partial charge in [-0.15, -0.1) is 10.2 Å². The predicted octanol–water partition coefficient (Wildman–Crippen LogP) is 4.51. The fourth-order valence-corrected chi connectivity index (χ4v) is 3.15. The standard InChI is InChI=1S/C15H18Cl2N4OS/c1-2-3-4-7-21-10-18-20-15(21)23-9-14(22)19-13-6-5-11(16)8-12(13)17/h5-6,8,10H,2-4,7,9H2,1H3,(H,19,22). The molecule has 0 saturated carbocycles. The molecule has 0 aliphatic rings. The minimum absolute atomic E-state index is 0.151. The molecule has 23 heavy (non-hydrogen) atoms. The number of nitrogens with zero attached hydrogens (tertiary/aromatic N) is 3. The molecule has 0 atom stereocenters. The Morgan fingerprint density at radius 2 is 2.17 bits per heavy atom. The summed E-state index contributed by atoms with van der Waals surface area (Å²) in [4.78, 5) is 12.0. The van der Waals surface area contributed by atoms with Crippen LogP contribution in [-0.4, -0.2) is 26.4 Å². The molecule has 1 N–H and O–H groups in total. The molecular weight excluding hydrogens is 355 g/mol. The van der Waals surface area contributed by atoms with Gasteiger partial charge < -0.3 is 9.88 Å². The Balaban J connectivity index is 1.86. The van der Waals surface area contributed by atoms with Gasteiger partial charge in [0.2, 0.25) is 5.91 Å². The van der Waals surface area contributed by atoms with Crippen LogP contribution in [0.25, 0.3) is 0 Å². The van der Waals surface area contributed by atoms with E-state index in [2.05, 4.69) is 22.4 Å². The Kier molecular flexibility index (Phi) is 7.20. The number of carbonyl (C=O) groups excluding carboxylic acids is 1. The summed E-state index contributed by atoms with van der Waals surface area (Å²) < 4.78 is 1.98. The van der Waals surface area contributed by atoms with Gasteiger partial charge >= 0.3 is 0 Å². The van der Waals surface area contributed by atoms with E-state index in [1.54, 1.807) is 24.5 Å². The summed E-state index contributed by atoms with van der Waals surface area (Å²) >= 11 is 13.2. The molecule has 0 spiro atoms. The van der Waals surface area contributed by atoms with Crippen molar-refractivity contribution in [3.8, 4) is 0 Å². The fourth-order valence-electron chi connectivity index (χ4n) is 1.95. The molecule has 0 unspecified atom stereocenters. The molecular formula is C15H18Cl2N4OS. The number of hydrogen-bond donors (Lipinski definition) is 1. The molecule has 1 amide bonds. The molecule has 0 aliphatic carbocycles. The second-order valence-corrected chi connectivity index (χ2v) is 6.76. The summed E-state index contributed by atoms with van der Waals surface area (Å²) in [5.41, 5.74) is 0.547. The Morgan fingerprint density at radius 3 is 2.91 bits per heavy atom. The van der Waals surface area contributed by atoms with E-state index >= 15 is 0 Å². The minimum Gasteiger partial charge on any atom is -0.324 e. The third-order valence-corrected chi connectivity index (χ3v) is 4.65. The highest BCUT2D eigenvalue weighted by Crippen LogP contribution is 2.25. The largest absolute Gasteiger partial charge is 0.324 e. The van der Waals surface area contributed by atoms with Crippen LogP contribution in [0.4, 0.5) is 5.69 Å². The van der Waals surface area contributed by atoms with Crippen LogP contribution < -0.4 is 5.32 Å². The molecule has 0 bridgehead atoms. The monoisotopic (exact) mass is 372 g/mol. The number of aromatic nitrogens is 3. The van der Waals surface area contributed by atoms with Gasteiger partial charge in [0.25, 0.3) is 0 Å². The SMILES string of the molecule is CCCCCn1cnnc1SCC(=O)Nc1ccc(Cl)cc1Cl. The van der Waals surface area contributed by atoms with Gasteiger partial charge in [0.1, 0.15) is 6.33 Å². The zero-order valence-electron chi connectivity index (χ0n) is 12.8. The van der Waals surface area contributed by atoms with E-state index in [9.17, 15) is 4.79 Å². The number of benzene rings is 1. The first-order valence-corrected chi connectivity index (χ1v) is 9.09. The Labute approximate surface area is 149 Å². The topological polar surface area (TPSA) is 59.8 Å². The molecule has 2 rings (SSSR count). The number of halogens is 2. The molecule has 0 radical (unpaired) electrons. The first-order chi connectivity index (χ1) is 11.1. The van der Waals surface area contributed by atoms with Gasteiger partial charge in [-0.25, -0.2) is 0 Å². The summed E-state index contributed by atoms with van der Waals surface area (Å²) in [6, 6.07) is 4.96. The highest BCUT2D eigenvalue weighted by molar-refractivity contribution is 7.99. The van der Waals surface area contributed by atoms with E-state index in [0.29, 0.717) is 15.7 Å². The Bertz CT molecular complexity index is 663. The zero-order chi connectivity index (χ0) is 16.7. The highest BCUT2D eigenvalue weighted by atomic mass is 35.5. The van der Waals surface area contributed by atoms with Crippen molar-refractivity contribution < 1.29 is 4.79 Å². The molecule has 2 aromatic rings. The van der Waals surface area contributed by atoms with Gasteiger partial charge in [0.05, 0.1) is 16.5 Å². The summed E-state index contributed by atoms with van der Waals surface area (Å²) in [5.74, 6) is 0.0909. The molecule has 124 valence electrons. The van der Waals surface area contributed by atoms with Crippen LogP contribution in [0.2, 0.25) is 10.0 Å². The van der Waals surface area contributed by atoms with E-state index < -0.39 is 0 Å². The van der Waals surface area contributed by atoms with Crippen molar-refractivity contribution in [2.45, 2.75) is 37.9 Å². The maximum absolute atomic E-state index is 12.0. The maximum atomic E-state index is 12.0. The van der Waals surface area contributed by atoms with Crippen LogP contribution >= 0.6 is 35.0 Å². The van der Waals surface area contributed by atoms with Crippen molar-refractivity contribution in [3.63, 3.8) is 0 Å². The van der Waals surface area contributed by atoms with E-state index in [1.807, 2.05) is 4.57 Å². The summed E-state index contributed by atoms with van der Waals surface area (Å²) in [6.07, 6.45) is 5.10. The summed E-state index contributed by atoms with van der Waals surface area (Å²) in [6.45, 7) is 3.03. The van der Waals surface area contributed by atoms with E-state index in [1.165, 1.54) is 11.8 Å². The van der Waals surface area contributed by atoms with Crippen molar-refractivity contribution in [2.24, 2.45) is 0 Å². The minimum atomic E-state index is -0.151. The molecule has 0 aliphatic heterocycles. The second kappa shape index (κ2) is 9.15.